The lowest BCUT2D eigenvalue weighted by atomic mass is 10.1. The molecule has 0 bridgehead atoms. The molecule has 0 aliphatic carbocycles. The highest BCUT2D eigenvalue weighted by atomic mass is 16.8. The van der Waals surface area contributed by atoms with Crippen molar-refractivity contribution in [3.05, 3.63) is 0 Å². The topological polar surface area (TPSA) is 49.7 Å². The molecule has 3 heteroatoms. The summed E-state index contributed by atoms with van der Waals surface area (Å²) in [5.74, 6) is -1.90. The van der Waals surface area contributed by atoms with Crippen molar-refractivity contribution in [3.8, 4) is 0 Å². The van der Waals surface area contributed by atoms with E-state index in [2.05, 4.69) is 6.92 Å². The summed E-state index contributed by atoms with van der Waals surface area (Å²) in [5, 5.41) is 18.7. The average molecular weight is 204 g/mol. The van der Waals surface area contributed by atoms with Gasteiger partial charge in [0.05, 0.1) is 6.61 Å². The normalized spacial score (nSPS) is 12.0. The first kappa shape index (κ1) is 13.9. The Kier molecular flexibility index (Phi) is 8.14. The van der Waals surface area contributed by atoms with Crippen LogP contribution in [0.5, 0.6) is 0 Å². The van der Waals surface area contributed by atoms with Crippen LogP contribution < -0.4 is 0 Å². The largest absolute Gasteiger partial charge is 0.343 e. The molecule has 86 valence electrons. The summed E-state index contributed by atoms with van der Waals surface area (Å²) in [6, 6.07) is 0. The Balaban J connectivity index is 3.35. The first-order chi connectivity index (χ1) is 6.62. The second-order valence-corrected chi connectivity index (χ2v) is 3.76. The van der Waals surface area contributed by atoms with E-state index in [-0.39, 0.29) is 0 Å². The highest BCUT2D eigenvalue weighted by Gasteiger charge is 2.22. The highest BCUT2D eigenvalue weighted by Crippen LogP contribution is 2.14. The van der Waals surface area contributed by atoms with E-state index in [0.717, 1.165) is 19.3 Å². The van der Waals surface area contributed by atoms with Crippen molar-refractivity contribution in [3.63, 3.8) is 0 Å². The third kappa shape index (κ3) is 8.48. The molecular weight excluding hydrogens is 180 g/mol. The molecule has 0 unspecified atom stereocenters. The molecule has 0 fully saturated rings. The number of rotatable bonds is 9. The van der Waals surface area contributed by atoms with Crippen molar-refractivity contribution >= 4 is 0 Å². The van der Waals surface area contributed by atoms with Crippen molar-refractivity contribution < 1.29 is 14.9 Å². The summed E-state index contributed by atoms with van der Waals surface area (Å²) in [5.41, 5.74) is 0. The van der Waals surface area contributed by atoms with Crippen LogP contribution in [0.25, 0.3) is 0 Å². The van der Waals surface area contributed by atoms with Gasteiger partial charge in [0, 0.05) is 6.42 Å². The van der Waals surface area contributed by atoms with E-state index < -0.39 is 5.97 Å². The van der Waals surface area contributed by atoms with Crippen LogP contribution >= 0.6 is 0 Å². The molecule has 0 aromatic heterocycles. The predicted molar refractivity (Wildman–Crippen MR) is 56.8 cm³/mol. The van der Waals surface area contributed by atoms with Crippen molar-refractivity contribution in [1.29, 1.82) is 0 Å². The van der Waals surface area contributed by atoms with Crippen molar-refractivity contribution in [1.82, 2.24) is 0 Å². The minimum Gasteiger partial charge on any atom is -0.343 e. The van der Waals surface area contributed by atoms with Crippen LogP contribution in [0, 0.1) is 0 Å². The third-order valence-electron chi connectivity index (χ3n) is 2.14. The average Bonchev–Trinajstić information content (AvgIpc) is 2.15. The van der Waals surface area contributed by atoms with E-state index in [0.29, 0.717) is 13.0 Å². The van der Waals surface area contributed by atoms with Crippen molar-refractivity contribution in [2.24, 2.45) is 0 Å². The number of unbranched alkanes of at least 4 members (excludes halogenated alkanes) is 4. The predicted octanol–water partition coefficient (Wildman–Crippen LogP) is 2.41. The zero-order chi connectivity index (χ0) is 10.9. The fourth-order valence-electron chi connectivity index (χ4n) is 1.30. The number of ether oxygens (including phenoxy) is 1. The van der Waals surface area contributed by atoms with Gasteiger partial charge < -0.3 is 14.9 Å². The van der Waals surface area contributed by atoms with Crippen LogP contribution in [0.2, 0.25) is 0 Å². The van der Waals surface area contributed by atoms with E-state index in [9.17, 15) is 10.2 Å². The fourth-order valence-corrected chi connectivity index (χ4v) is 1.30. The second kappa shape index (κ2) is 8.21. The molecule has 0 aliphatic heterocycles. The Hall–Kier alpha value is -0.120. The quantitative estimate of drug-likeness (QED) is 0.448. The SMILES string of the molecule is CCCCCCCC(O)(O)OCCC. The maximum absolute atomic E-state index is 9.34. The summed E-state index contributed by atoms with van der Waals surface area (Å²) >= 11 is 0. The van der Waals surface area contributed by atoms with Crippen molar-refractivity contribution in [2.45, 2.75) is 64.8 Å². The molecule has 0 aromatic carbocycles. The Morgan fingerprint density at radius 1 is 0.929 bits per heavy atom. The summed E-state index contributed by atoms with van der Waals surface area (Å²) in [7, 11) is 0. The minimum atomic E-state index is -1.90. The Morgan fingerprint density at radius 2 is 1.57 bits per heavy atom. The van der Waals surface area contributed by atoms with E-state index in [1.54, 1.807) is 0 Å². The van der Waals surface area contributed by atoms with Gasteiger partial charge in [-0.15, -0.1) is 0 Å². The van der Waals surface area contributed by atoms with E-state index in [1.165, 1.54) is 19.3 Å². The number of hydrogen-bond donors (Lipinski definition) is 2. The molecule has 3 nitrogen and oxygen atoms in total. The van der Waals surface area contributed by atoms with Gasteiger partial charge in [0.2, 0.25) is 0 Å². The monoisotopic (exact) mass is 204 g/mol. The number of hydrogen-bond acceptors (Lipinski definition) is 3. The molecule has 0 atom stereocenters. The summed E-state index contributed by atoms with van der Waals surface area (Å²) in [6.45, 7) is 4.51. The maximum atomic E-state index is 9.34. The fraction of sp³-hybridized carbons (Fsp3) is 1.00. The zero-order valence-electron chi connectivity index (χ0n) is 9.46. The first-order valence-electron chi connectivity index (χ1n) is 5.71. The molecule has 0 rings (SSSR count). The number of aliphatic hydroxyl groups is 2. The zero-order valence-corrected chi connectivity index (χ0v) is 9.46. The van der Waals surface area contributed by atoms with Crippen LogP contribution in [-0.2, 0) is 4.74 Å². The lowest BCUT2D eigenvalue weighted by Crippen LogP contribution is -2.32. The minimum absolute atomic E-state index is 0.316. The lowest BCUT2D eigenvalue weighted by Gasteiger charge is -2.21. The Morgan fingerprint density at radius 3 is 2.14 bits per heavy atom. The lowest BCUT2D eigenvalue weighted by molar-refractivity contribution is -0.340. The first-order valence-corrected chi connectivity index (χ1v) is 5.71. The Bertz CT molecular complexity index is 124. The smallest absolute Gasteiger partial charge is 0.277 e. The van der Waals surface area contributed by atoms with E-state index >= 15 is 0 Å². The van der Waals surface area contributed by atoms with Crippen LogP contribution in [0.4, 0.5) is 0 Å². The van der Waals surface area contributed by atoms with Gasteiger partial charge in [-0.25, -0.2) is 0 Å². The summed E-state index contributed by atoms with van der Waals surface area (Å²) < 4.78 is 4.90. The van der Waals surface area contributed by atoms with Crippen LogP contribution in [-0.4, -0.2) is 22.8 Å². The standard InChI is InChI=1S/C11H24O3/c1-3-5-6-7-8-9-11(12,13)14-10-4-2/h12-13H,3-10H2,1-2H3. The summed E-state index contributed by atoms with van der Waals surface area (Å²) in [6.07, 6.45) is 6.58. The van der Waals surface area contributed by atoms with E-state index in [1.807, 2.05) is 6.92 Å². The van der Waals surface area contributed by atoms with Crippen molar-refractivity contribution in [2.75, 3.05) is 6.61 Å². The van der Waals surface area contributed by atoms with E-state index in [4.69, 9.17) is 4.74 Å². The van der Waals surface area contributed by atoms with Gasteiger partial charge in [0.25, 0.3) is 5.97 Å². The molecular formula is C11H24O3. The van der Waals surface area contributed by atoms with Crippen LogP contribution in [0.15, 0.2) is 0 Å². The molecule has 0 amide bonds. The molecule has 0 heterocycles. The van der Waals surface area contributed by atoms with Crippen LogP contribution in [0.1, 0.15) is 58.8 Å². The molecule has 14 heavy (non-hydrogen) atoms. The van der Waals surface area contributed by atoms with Gasteiger partial charge >= 0.3 is 0 Å². The third-order valence-corrected chi connectivity index (χ3v) is 2.14. The second-order valence-electron chi connectivity index (χ2n) is 3.76. The van der Waals surface area contributed by atoms with Gasteiger partial charge in [0.15, 0.2) is 0 Å². The van der Waals surface area contributed by atoms with Gasteiger partial charge in [-0.05, 0) is 12.8 Å². The molecule has 0 saturated carbocycles. The molecule has 0 radical (unpaired) electrons. The Labute approximate surface area is 87.1 Å². The molecule has 0 aliphatic rings. The molecule has 0 spiro atoms. The van der Waals surface area contributed by atoms with Gasteiger partial charge in [-0.3, -0.25) is 0 Å². The van der Waals surface area contributed by atoms with Gasteiger partial charge in [-0.2, -0.15) is 0 Å². The molecule has 2 N–H and O–H groups in total. The molecule has 0 saturated heterocycles. The molecule has 0 aromatic rings. The van der Waals surface area contributed by atoms with Crippen LogP contribution in [0.3, 0.4) is 0 Å². The van der Waals surface area contributed by atoms with Gasteiger partial charge in [-0.1, -0.05) is 39.5 Å². The van der Waals surface area contributed by atoms with Gasteiger partial charge in [0.1, 0.15) is 0 Å². The maximum Gasteiger partial charge on any atom is 0.277 e. The summed E-state index contributed by atoms with van der Waals surface area (Å²) in [4.78, 5) is 0. The highest BCUT2D eigenvalue weighted by molar-refractivity contribution is 4.52.